The number of likely N-dealkylation sites (tertiary alicyclic amines) is 1. The van der Waals surface area contributed by atoms with Crippen LogP contribution in [0.25, 0.3) is 0 Å². The topological polar surface area (TPSA) is 65.1 Å². The number of carbonyl (C=O) groups is 2. The average Bonchev–Trinajstić information content (AvgIpc) is 3.63. The third-order valence-electron chi connectivity index (χ3n) is 6.83. The Kier molecular flexibility index (Phi) is 8.19. The first kappa shape index (κ1) is 23.8. The molecule has 1 aliphatic carbocycles. The SMILES string of the molecule is COc1ccc(C(=O)N[C@@H](C(=O)N2CCN(C3CCN(C)CC3)CC2)C2CC2)cc1.Cl. The molecule has 7 nitrogen and oxygen atoms in total. The number of hydrogen-bond donors (Lipinski definition) is 1. The van der Waals surface area contributed by atoms with E-state index < -0.39 is 6.04 Å². The van der Waals surface area contributed by atoms with Crippen molar-refractivity contribution in [1.82, 2.24) is 20.0 Å². The molecular weight excluding hydrogens is 416 g/mol. The summed E-state index contributed by atoms with van der Waals surface area (Å²) in [5.74, 6) is 0.880. The molecule has 0 aromatic heterocycles. The van der Waals surface area contributed by atoms with Crippen molar-refractivity contribution in [2.75, 3.05) is 53.4 Å². The highest BCUT2D eigenvalue weighted by atomic mass is 35.5. The van der Waals surface area contributed by atoms with Gasteiger partial charge in [-0.25, -0.2) is 0 Å². The fourth-order valence-corrected chi connectivity index (χ4v) is 4.64. The van der Waals surface area contributed by atoms with Crippen LogP contribution >= 0.6 is 12.4 Å². The summed E-state index contributed by atoms with van der Waals surface area (Å²) in [5, 5.41) is 3.02. The minimum atomic E-state index is -0.408. The predicted molar refractivity (Wildman–Crippen MR) is 123 cm³/mol. The second kappa shape index (κ2) is 10.7. The third kappa shape index (κ3) is 5.90. The van der Waals surface area contributed by atoms with E-state index in [9.17, 15) is 9.59 Å². The van der Waals surface area contributed by atoms with Gasteiger partial charge in [0.15, 0.2) is 0 Å². The Labute approximate surface area is 191 Å². The highest BCUT2D eigenvalue weighted by molar-refractivity contribution is 5.97. The first-order chi connectivity index (χ1) is 14.5. The number of methoxy groups -OCH3 is 1. The molecule has 1 N–H and O–H groups in total. The Morgan fingerprint density at radius 1 is 0.968 bits per heavy atom. The number of ether oxygens (including phenoxy) is 1. The van der Waals surface area contributed by atoms with E-state index in [-0.39, 0.29) is 30.1 Å². The van der Waals surface area contributed by atoms with Gasteiger partial charge in [0.1, 0.15) is 11.8 Å². The maximum Gasteiger partial charge on any atom is 0.251 e. The van der Waals surface area contributed by atoms with Gasteiger partial charge < -0.3 is 19.9 Å². The van der Waals surface area contributed by atoms with Crippen molar-refractivity contribution in [2.24, 2.45) is 5.92 Å². The average molecular weight is 451 g/mol. The van der Waals surface area contributed by atoms with E-state index in [1.54, 1.807) is 31.4 Å². The zero-order valence-electron chi connectivity index (χ0n) is 18.6. The summed E-state index contributed by atoms with van der Waals surface area (Å²) >= 11 is 0. The minimum absolute atomic E-state index is 0. The van der Waals surface area contributed by atoms with E-state index >= 15 is 0 Å². The number of nitrogens with one attached hydrogen (secondary N) is 1. The van der Waals surface area contributed by atoms with Gasteiger partial charge >= 0.3 is 0 Å². The van der Waals surface area contributed by atoms with Gasteiger partial charge in [-0.1, -0.05) is 0 Å². The van der Waals surface area contributed by atoms with Crippen molar-refractivity contribution < 1.29 is 14.3 Å². The number of piperidine rings is 1. The quantitative estimate of drug-likeness (QED) is 0.716. The van der Waals surface area contributed by atoms with Crippen molar-refractivity contribution in [3.05, 3.63) is 29.8 Å². The third-order valence-corrected chi connectivity index (χ3v) is 6.83. The normalized spacial score (nSPS) is 21.8. The number of halogens is 1. The smallest absolute Gasteiger partial charge is 0.251 e. The van der Waals surface area contributed by atoms with Crippen LogP contribution in [-0.2, 0) is 4.79 Å². The summed E-state index contributed by atoms with van der Waals surface area (Å²) in [4.78, 5) is 32.9. The maximum atomic E-state index is 13.2. The molecule has 31 heavy (non-hydrogen) atoms. The van der Waals surface area contributed by atoms with Gasteiger partial charge in [0.25, 0.3) is 5.91 Å². The standard InChI is InChI=1S/C23H34N4O3.ClH/c1-25-11-9-19(10-12-25)26-13-15-27(16-14-26)23(29)21(17-3-4-17)24-22(28)18-5-7-20(30-2)8-6-18;/h5-8,17,19,21H,3-4,9-16H2,1-2H3,(H,24,28);1H/t21-;/m1./s1. The molecule has 2 heterocycles. The molecule has 3 aliphatic rings. The minimum Gasteiger partial charge on any atom is -0.497 e. The van der Waals surface area contributed by atoms with Gasteiger partial charge in [0, 0.05) is 37.8 Å². The highest BCUT2D eigenvalue weighted by Crippen LogP contribution is 2.34. The summed E-state index contributed by atoms with van der Waals surface area (Å²) in [6, 6.07) is 7.25. The van der Waals surface area contributed by atoms with E-state index in [2.05, 4.69) is 22.2 Å². The first-order valence-electron chi connectivity index (χ1n) is 11.2. The van der Waals surface area contributed by atoms with Crippen molar-refractivity contribution in [3.63, 3.8) is 0 Å². The molecule has 3 fully saturated rings. The Morgan fingerprint density at radius 3 is 2.13 bits per heavy atom. The Bertz CT molecular complexity index is 740. The molecule has 0 unspecified atom stereocenters. The number of rotatable bonds is 6. The van der Waals surface area contributed by atoms with Gasteiger partial charge in [-0.15, -0.1) is 12.4 Å². The van der Waals surface area contributed by atoms with E-state index in [0.29, 0.717) is 17.4 Å². The zero-order valence-corrected chi connectivity index (χ0v) is 19.4. The van der Waals surface area contributed by atoms with Gasteiger partial charge in [0.2, 0.25) is 5.91 Å². The van der Waals surface area contributed by atoms with Crippen molar-refractivity contribution >= 4 is 24.2 Å². The lowest BCUT2D eigenvalue weighted by Gasteiger charge is -2.42. The molecule has 172 valence electrons. The molecule has 0 bridgehead atoms. The Morgan fingerprint density at radius 2 is 1.58 bits per heavy atom. The molecule has 1 aromatic carbocycles. The monoisotopic (exact) mass is 450 g/mol. The molecule has 1 atom stereocenters. The largest absolute Gasteiger partial charge is 0.497 e. The molecule has 0 radical (unpaired) electrons. The van der Waals surface area contributed by atoms with Gasteiger partial charge in [-0.2, -0.15) is 0 Å². The fraction of sp³-hybridized carbons (Fsp3) is 0.652. The summed E-state index contributed by atoms with van der Waals surface area (Å²) in [7, 11) is 3.79. The van der Waals surface area contributed by atoms with Crippen LogP contribution in [0.5, 0.6) is 5.75 Å². The Hall–Kier alpha value is -1.83. The molecule has 1 aromatic rings. The van der Waals surface area contributed by atoms with Crippen molar-refractivity contribution in [1.29, 1.82) is 0 Å². The summed E-state index contributed by atoms with van der Waals surface area (Å²) < 4.78 is 5.15. The van der Waals surface area contributed by atoms with Gasteiger partial charge in [-0.05, 0) is 76.0 Å². The summed E-state index contributed by atoms with van der Waals surface area (Å²) in [6.45, 7) is 5.70. The van der Waals surface area contributed by atoms with Gasteiger partial charge in [-0.3, -0.25) is 14.5 Å². The number of piperazine rings is 1. The Balaban J connectivity index is 0.00000272. The molecule has 4 rings (SSSR count). The van der Waals surface area contributed by atoms with Crippen LogP contribution in [0.4, 0.5) is 0 Å². The van der Waals surface area contributed by atoms with Crippen molar-refractivity contribution in [3.8, 4) is 5.75 Å². The molecule has 0 spiro atoms. The summed E-state index contributed by atoms with van der Waals surface area (Å²) in [6.07, 6.45) is 4.45. The highest BCUT2D eigenvalue weighted by Gasteiger charge is 2.40. The second-order valence-corrected chi connectivity index (χ2v) is 8.91. The van der Waals surface area contributed by atoms with Crippen LogP contribution in [0.3, 0.4) is 0 Å². The van der Waals surface area contributed by atoms with E-state index in [1.165, 1.54) is 12.8 Å². The molecule has 2 aliphatic heterocycles. The van der Waals surface area contributed by atoms with Gasteiger partial charge in [0.05, 0.1) is 7.11 Å². The molecular formula is C23H35ClN4O3. The fourth-order valence-electron chi connectivity index (χ4n) is 4.64. The maximum absolute atomic E-state index is 13.2. The number of hydrogen-bond acceptors (Lipinski definition) is 5. The van der Waals surface area contributed by atoms with Crippen LogP contribution < -0.4 is 10.1 Å². The lowest BCUT2D eigenvalue weighted by atomic mass is 10.0. The van der Waals surface area contributed by atoms with Crippen LogP contribution in [0.2, 0.25) is 0 Å². The van der Waals surface area contributed by atoms with E-state index in [4.69, 9.17) is 4.74 Å². The number of benzene rings is 1. The number of carbonyl (C=O) groups excluding carboxylic acids is 2. The van der Waals surface area contributed by atoms with Crippen molar-refractivity contribution in [2.45, 2.75) is 37.8 Å². The van der Waals surface area contributed by atoms with E-state index in [1.807, 2.05) is 4.90 Å². The number of amides is 2. The van der Waals surface area contributed by atoms with Crippen LogP contribution in [0, 0.1) is 5.92 Å². The van der Waals surface area contributed by atoms with E-state index in [0.717, 1.165) is 52.1 Å². The molecule has 1 saturated carbocycles. The molecule has 2 amide bonds. The lowest BCUT2D eigenvalue weighted by molar-refractivity contribution is -0.136. The molecule has 8 heteroatoms. The van der Waals surface area contributed by atoms with Crippen LogP contribution in [-0.4, -0.2) is 92.0 Å². The first-order valence-corrected chi connectivity index (χ1v) is 11.2. The number of nitrogens with zero attached hydrogens (tertiary/aromatic N) is 3. The zero-order chi connectivity index (χ0) is 21.1. The summed E-state index contributed by atoms with van der Waals surface area (Å²) in [5.41, 5.74) is 0.557. The lowest BCUT2D eigenvalue weighted by Crippen LogP contribution is -2.58. The van der Waals surface area contributed by atoms with Crippen LogP contribution in [0.1, 0.15) is 36.0 Å². The predicted octanol–water partition coefficient (Wildman–Crippen LogP) is 1.86. The van der Waals surface area contributed by atoms with Crippen LogP contribution in [0.15, 0.2) is 24.3 Å². The second-order valence-electron chi connectivity index (χ2n) is 8.91. The molecule has 2 saturated heterocycles.